The molecule has 3 heterocycles. The molecule has 7 heteroatoms. The van der Waals surface area contributed by atoms with E-state index in [1.165, 1.54) is 16.2 Å². The maximum atomic E-state index is 12.9. The Morgan fingerprint density at radius 2 is 2.00 bits per heavy atom. The Kier molecular flexibility index (Phi) is 4.55. The average molecular weight is 385 g/mol. The van der Waals surface area contributed by atoms with Crippen molar-refractivity contribution in [3.05, 3.63) is 40.1 Å². The van der Waals surface area contributed by atoms with Crippen LogP contribution in [0.15, 0.2) is 22.8 Å². The van der Waals surface area contributed by atoms with Gasteiger partial charge in [-0.1, -0.05) is 0 Å². The van der Waals surface area contributed by atoms with Gasteiger partial charge in [0.05, 0.1) is 17.3 Å². The van der Waals surface area contributed by atoms with E-state index in [4.69, 9.17) is 4.42 Å². The lowest BCUT2D eigenvalue weighted by molar-refractivity contribution is 0.0943. The number of fused-ring (bicyclic) bond motifs is 2. The van der Waals surface area contributed by atoms with E-state index in [9.17, 15) is 9.59 Å². The van der Waals surface area contributed by atoms with Crippen LogP contribution in [-0.2, 0) is 19.9 Å². The molecule has 0 atom stereocenters. The lowest BCUT2D eigenvalue weighted by atomic mass is 9.95. The first-order valence-electron chi connectivity index (χ1n) is 9.25. The lowest BCUT2D eigenvalue weighted by Gasteiger charge is -2.14. The van der Waals surface area contributed by atoms with Crippen molar-refractivity contribution in [3.63, 3.8) is 0 Å². The topological polar surface area (TPSA) is 76.3 Å². The molecule has 2 N–H and O–H groups in total. The number of amides is 2. The summed E-state index contributed by atoms with van der Waals surface area (Å²) in [6, 6.07) is 3.60. The van der Waals surface area contributed by atoms with Crippen LogP contribution >= 0.6 is 11.3 Å². The van der Waals surface area contributed by atoms with Gasteiger partial charge in [0.1, 0.15) is 10.7 Å². The second kappa shape index (κ2) is 6.88. The molecule has 3 aromatic rings. The fourth-order valence-corrected chi connectivity index (χ4v) is 4.95. The van der Waals surface area contributed by atoms with Crippen molar-refractivity contribution in [2.24, 2.45) is 7.05 Å². The van der Waals surface area contributed by atoms with Crippen LogP contribution < -0.4 is 10.6 Å². The number of hydrogen-bond donors (Lipinski definition) is 2. The van der Waals surface area contributed by atoms with Crippen molar-refractivity contribution in [1.82, 2.24) is 9.88 Å². The predicted octanol–water partition coefficient (Wildman–Crippen LogP) is 4.10. The van der Waals surface area contributed by atoms with Gasteiger partial charge in [-0.3, -0.25) is 9.59 Å². The maximum Gasteiger partial charge on any atom is 0.273 e. The van der Waals surface area contributed by atoms with Crippen molar-refractivity contribution in [1.29, 1.82) is 0 Å². The molecule has 3 aromatic heterocycles. The standard InChI is InChI=1S/C20H23N3O3S/c1-11(2)21-19(25)17-12-6-4-5-7-16(12)27-20(17)22-18(24)14-10-15-13(23(14)3)8-9-26-15/h8-11H,4-7H2,1-3H3,(H,21,25)(H,22,24). The summed E-state index contributed by atoms with van der Waals surface area (Å²) in [5, 5.41) is 6.60. The maximum absolute atomic E-state index is 12.9. The van der Waals surface area contributed by atoms with E-state index < -0.39 is 0 Å². The zero-order chi connectivity index (χ0) is 19.1. The Morgan fingerprint density at radius 3 is 2.74 bits per heavy atom. The van der Waals surface area contributed by atoms with E-state index in [1.807, 2.05) is 27.0 Å². The van der Waals surface area contributed by atoms with Crippen LogP contribution in [0.5, 0.6) is 0 Å². The highest BCUT2D eigenvalue weighted by molar-refractivity contribution is 7.17. The zero-order valence-electron chi connectivity index (χ0n) is 15.7. The highest BCUT2D eigenvalue weighted by Gasteiger charge is 2.27. The molecule has 0 unspecified atom stereocenters. The minimum Gasteiger partial charge on any atom is -0.463 e. The van der Waals surface area contributed by atoms with Gasteiger partial charge in [0.25, 0.3) is 11.8 Å². The van der Waals surface area contributed by atoms with Gasteiger partial charge in [0.2, 0.25) is 0 Å². The van der Waals surface area contributed by atoms with Gasteiger partial charge in [-0.2, -0.15) is 0 Å². The van der Waals surface area contributed by atoms with Crippen LogP contribution in [0, 0.1) is 0 Å². The van der Waals surface area contributed by atoms with Gasteiger partial charge >= 0.3 is 0 Å². The number of aryl methyl sites for hydroxylation is 2. The summed E-state index contributed by atoms with van der Waals surface area (Å²) in [5.41, 5.74) is 3.77. The SMILES string of the molecule is CC(C)NC(=O)c1c(NC(=O)c2cc3occc3n2C)sc2c1CCCC2. The lowest BCUT2D eigenvalue weighted by Crippen LogP contribution is -2.31. The van der Waals surface area contributed by atoms with Crippen LogP contribution in [0.4, 0.5) is 5.00 Å². The zero-order valence-corrected chi connectivity index (χ0v) is 16.5. The van der Waals surface area contributed by atoms with E-state index in [0.717, 1.165) is 36.8 Å². The van der Waals surface area contributed by atoms with Crippen molar-refractivity contribution < 1.29 is 14.0 Å². The molecular weight excluding hydrogens is 362 g/mol. The molecule has 0 bridgehead atoms. The molecule has 0 aliphatic heterocycles. The summed E-state index contributed by atoms with van der Waals surface area (Å²) < 4.78 is 7.19. The number of thiophene rings is 1. The van der Waals surface area contributed by atoms with Crippen LogP contribution in [0.25, 0.3) is 11.1 Å². The van der Waals surface area contributed by atoms with Crippen LogP contribution in [-0.4, -0.2) is 22.4 Å². The molecule has 0 fully saturated rings. The summed E-state index contributed by atoms with van der Waals surface area (Å²) in [6.45, 7) is 3.88. The number of carbonyl (C=O) groups excluding carboxylic acids is 2. The van der Waals surface area contributed by atoms with Gasteiger partial charge in [-0.25, -0.2) is 0 Å². The van der Waals surface area contributed by atoms with Gasteiger partial charge < -0.3 is 19.6 Å². The molecule has 0 radical (unpaired) electrons. The van der Waals surface area contributed by atoms with Gasteiger partial charge in [0.15, 0.2) is 5.58 Å². The summed E-state index contributed by atoms with van der Waals surface area (Å²) in [4.78, 5) is 26.9. The summed E-state index contributed by atoms with van der Waals surface area (Å²) in [6.07, 6.45) is 5.66. The molecule has 6 nitrogen and oxygen atoms in total. The Morgan fingerprint density at radius 1 is 1.22 bits per heavy atom. The third-order valence-corrected chi connectivity index (χ3v) is 6.15. The first-order chi connectivity index (χ1) is 13.0. The van der Waals surface area contributed by atoms with Crippen LogP contribution in [0.1, 0.15) is 58.0 Å². The largest absolute Gasteiger partial charge is 0.463 e. The number of rotatable bonds is 4. The Hall–Kier alpha value is -2.54. The smallest absolute Gasteiger partial charge is 0.273 e. The van der Waals surface area contributed by atoms with E-state index in [0.29, 0.717) is 21.8 Å². The molecule has 0 saturated heterocycles. The normalized spacial score (nSPS) is 13.8. The monoisotopic (exact) mass is 385 g/mol. The quantitative estimate of drug-likeness (QED) is 0.710. The average Bonchev–Trinajstić information content (AvgIpc) is 3.28. The first kappa shape index (κ1) is 17.9. The Balaban J connectivity index is 1.69. The van der Waals surface area contributed by atoms with E-state index in [2.05, 4.69) is 10.6 Å². The molecule has 0 aromatic carbocycles. The number of nitrogens with zero attached hydrogens (tertiary/aromatic N) is 1. The van der Waals surface area contributed by atoms with Crippen molar-refractivity contribution in [2.45, 2.75) is 45.6 Å². The molecule has 0 spiro atoms. The van der Waals surface area contributed by atoms with Gasteiger partial charge in [-0.05, 0) is 45.1 Å². The van der Waals surface area contributed by atoms with E-state index in [1.54, 1.807) is 16.9 Å². The third-order valence-electron chi connectivity index (χ3n) is 4.94. The highest BCUT2D eigenvalue weighted by atomic mass is 32.1. The number of carbonyl (C=O) groups is 2. The van der Waals surface area contributed by atoms with Crippen molar-refractivity contribution >= 4 is 39.3 Å². The molecule has 4 rings (SSSR count). The van der Waals surface area contributed by atoms with Gasteiger partial charge in [0, 0.05) is 30.1 Å². The second-order valence-corrected chi connectivity index (χ2v) is 8.36. The Bertz CT molecular complexity index is 1030. The number of nitrogens with one attached hydrogen (secondary N) is 2. The second-order valence-electron chi connectivity index (χ2n) is 7.26. The number of hydrogen-bond acceptors (Lipinski definition) is 4. The molecule has 27 heavy (non-hydrogen) atoms. The fraction of sp³-hybridized carbons (Fsp3) is 0.400. The number of aromatic nitrogens is 1. The van der Waals surface area contributed by atoms with E-state index in [-0.39, 0.29) is 17.9 Å². The summed E-state index contributed by atoms with van der Waals surface area (Å²) >= 11 is 1.53. The van der Waals surface area contributed by atoms with E-state index >= 15 is 0 Å². The number of furan rings is 1. The van der Waals surface area contributed by atoms with Crippen molar-refractivity contribution in [2.75, 3.05) is 5.32 Å². The number of anilines is 1. The van der Waals surface area contributed by atoms with Gasteiger partial charge in [-0.15, -0.1) is 11.3 Å². The summed E-state index contributed by atoms with van der Waals surface area (Å²) in [5.74, 6) is -0.346. The fourth-order valence-electron chi connectivity index (χ4n) is 3.66. The summed E-state index contributed by atoms with van der Waals surface area (Å²) in [7, 11) is 1.83. The molecule has 142 valence electrons. The first-order valence-corrected chi connectivity index (χ1v) is 10.1. The third kappa shape index (κ3) is 3.16. The van der Waals surface area contributed by atoms with Crippen molar-refractivity contribution in [3.8, 4) is 0 Å². The highest BCUT2D eigenvalue weighted by Crippen LogP contribution is 2.38. The van der Waals surface area contributed by atoms with Crippen LogP contribution in [0.2, 0.25) is 0 Å². The minimum atomic E-state index is -0.235. The minimum absolute atomic E-state index is 0.0416. The Labute approximate surface area is 161 Å². The molecule has 0 saturated carbocycles. The molecule has 2 amide bonds. The molecular formula is C20H23N3O3S. The molecule has 1 aliphatic carbocycles. The molecule has 1 aliphatic rings. The van der Waals surface area contributed by atoms with Crippen LogP contribution in [0.3, 0.4) is 0 Å². The predicted molar refractivity (Wildman–Crippen MR) is 107 cm³/mol.